The molecule has 0 fully saturated rings. The Bertz CT molecular complexity index is 417. The summed E-state index contributed by atoms with van der Waals surface area (Å²) in [6.45, 7) is 3.24. The highest BCUT2D eigenvalue weighted by molar-refractivity contribution is 9.10. The number of hydrogen-bond acceptors (Lipinski definition) is 3. The topological polar surface area (TPSA) is 59.1 Å². The van der Waals surface area contributed by atoms with Gasteiger partial charge >= 0.3 is 0 Å². The number of rotatable bonds is 3. The second kappa shape index (κ2) is 4.27. The van der Waals surface area contributed by atoms with Crippen LogP contribution in [0.5, 0.6) is 0 Å². The summed E-state index contributed by atoms with van der Waals surface area (Å²) >= 11 is 3.21. The Morgan fingerprint density at radius 1 is 1.50 bits per heavy atom. The lowest BCUT2D eigenvalue weighted by Gasteiger charge is -2.11. The van der Waals surface area contributed by atoms with Gasteiger partial charge in [0.05, 0.1) is 15.4 Å². The van der Waals surface area contributed by atoms with Gasteiger partial charge in [-0.25, -0.2) is 8.42 Å². The molecule has 1 heterocycles. The third kappa shape index (κ3) is 2.68. The van der Waals surface area contributed by atoms with Crippen molar-refractivity contribution in [3.63, 3.8) is 0 Å². The van der Waals surface area contributed by atoms with Crippen LogP contribution in [0.25, 0.3) is 0 Å². The lowest BCUT2D eigenvalue weighted by molar-refractivity contribution is 0.592. The standard InChI is InChI=1S/C8H11BrN2O2S/c1-6(2)14(12,13)11-8-3-4-10-5-7(8)9/h3-6H,1-2H3,(H,10,11). The fraction of sp³-hybridized carbons (Fsp3) is 0.375. The third-order valence-corrected chi connectivity index (χ3v) is 4.02. The van der Waals surface area contributed by atoms with Crippen LogP contribution in [0.3, 0.4) is 0 Å². The maximum absolute atomic E-state index is 11.5. The molecule has 0 aliphatic carbocycles. The molecule has 1 aromatic heterocycles. The Hall–Kier alpha value is -0.620. The monoisotopic (exact) mass is 278 g/mol. The van der Waals surface area contributed by atoms with Crippen molar-refractivity contribution in [1.82, 2.24) is 4.98 Å². The van der Waals surface area contributed by atoms with Gasteiger partial charge in [-0.1, -0.05) is 0 Å². The first-order valence-electron chi connectivity index (χ1n) is 4.04. The summed E-state index contributed by atoms with van der Waals surface area (Å²) in [5.74, 6) is 0. The van der Waals surface area contributed by atoms with E-state index in [1.54, 1.807) is 19.9 Å². The first-order chi connectivity index (χ1) is 6.43. The molecule has 1 N–H and O–H groups in total. The van der Waals surface area contributed by atoms with E-state index >= 15 is 0 Å². The van der Waals surface area contributed by atoms with Gasteiger partial charge in [0.1, 0.15) is 0 Å². The summed E-state index contributed by atoms with van der Waals surface area (Å²) in [6, 6.07) is 1.60. The summed E-state index contributed by atoms with van der Waals surface area (Å²) < 4.78 is 26.1. The summed E-state index contributed by atoms with van der Waals surface area (Å²) in [5.41, 5.74) is 0.508. The highest BCUT2D eigenvalue weighted by atomic mass is 79.9. The van der Waals surface area contributed by atoms with Crippen LogP contribution in [0.1, 0.15) is 13.8 Å². The molecule has 0 aliphatic heterocycles. The van der Waals surface area contributed by atoms with E-state index in [-0.39, 0.29) is 0 Å². The van der Waals surface area contributed by atoms with Gasteiger partial charge in [0.2, 0.25) is 10.0 Å². The highest BCUT2D eigenvalue weighted by Gasteiger charge is 2.16. The van der Waals surface area contributed by atoms with E-state index in [9.17, 15) is 8.42 Å². The Kier molecular flexibility index (Phi) is 3.49. The molecular weight excluding hydrogens is 268 g/mol. The van der Waals surface area contributed by atoms with Crippen LogP contribution in [0.15, 0.2) is 22.9 Å². The summed E-state index contributed by atoms with van der Waals surface area (Å²) in [6.07, 6.45) is 3.07. The van der Waals surface area contributed by atoms with Crippen molar-refractivity contribution in [2.75, 3.05) is 4.72 Å². The van der Waals surface area contributed by atoms with Crippen LogP contribution in [-0.2, 0) is 10.0 Å². The molecule has 0 bridgehead atoms. The molecule has 0 spiro atoms. The van der Waals surface area contributed by atoms with E-state index < -0.39 is 15.3 Å². The predicted octanol–water partition coefficient (Wildman–Crippen LogP) is 1.99. The van der Waals surface area contributed by atoms with Gasteiger partial charge in [0.25, 0.3) is 0 Å². The Balaban J connectivity index is 2.96. The van der Waals surface area contributed by atoms with Crippen molar-refractivity contribution in [2.24, 2.45) is 0 Å². The minimum Gasteiger partial charge on any atom is -0.282 e. The SMILES string of the molecule is CC(C)S(=O)(=O)Nc1ccncc1Br. The van der Waals surface area contributed by atoms with Crippen molar-refractivity contribution in [2.45, 2.75) is 19.1 Å². The number of nitrogens with one attached hydrogen (secondary N) is 1. The molecule has 6 heteroatoms. The van der Waals surface area contributed by atoms with Gasteiger partial charge in [-0.05, 0) is 35.8 Å². The van der Waals surface area contributed by atoms with Crippen molar-refractivity contribution < 1.29 is 8.42 Å². The van der Waals surface area contributed by atoms with Gasteiger partial charge < -0.3 is 0 Å². The minimum absolute atomic E-state index is 0.456. The maximum atomic E-state index is 11.5. The van der Waals surface area contributed by atoms with Gasteiger partial charge in [0.15, 0.2) is 0 Å². The first kappa shape index (κ1) is 11.5. The number of nitrogens with zero attached hydrogens (tertiary/aromatic N) is 1. The highest BCUT2D eigenvalue weighted by Crippen LogP contribution is 2.21. The van der Waals surface area contributed by atoms with E-state index in [0.717, 1.165) is 0 Å². The summed E-state index contributed by atoms with van der Waals surface area (Å²) in [4.78, 5) is 3.84. The third-order valence-electron chi connectivity index (χ3n) is 1.65. The van der Waals surface area contributed by atoms with Crippen LogP contribution < -0.4 is 4.72 Å². The lowest BCUT2D eigenvalue weighted by Crippen LogP contribution is -2.22. The number of halogens is 1. The zero-order chi connectivity index (χ0) is 10.8. The van der Waals surface area contributed by atoms with Crippen LogP contribution in [0.2, 0.25) is 0 Å². The second-order valence-electron chi connectivity index (χ2n) is 3.05. The van der Waals surface area contributed by atoms with Crippen LogP contribution in [-0.4, -0.2) is 18.7 Å². The zero-order valence-electron chi connectivity index (χ0n) is 7.86. The molecule has 0 unspecified atom stereocenters. The van der Waals surface area contributed by atoms with Gasteiger partial charge in [-0.3, -0.25) is 9.71 Å². The van der Waals surface area contributed by atoms with Crippen LogP contribution in [0, 0.1) is 0 Å². The number of hydrogen-bond donors (Lipinski definition) is 1. The van der Waals surface area contributed by atoms with E-state index in [4.69, 9.17) is 0 Å². The van der Waals surface area contributed by atoms with Crippen LogP contribution >= 0.6 is 15.9 Å². The van der Waals surface area contributed by atoms with Gasteiger partial charge in [-0.2, -0.15) is 0 Å². The second-order valence-corrected chi connectivity index (χ2v) is 6.14. The van der Waals surface area contributed by atoms with Crippen molar-refractivity contribution in [3.05, 3.63) is 22.9 Å². The Morgan fingerprint density at radius 2 is 2.14 bits per heavy atom. The van der Waals surface area contributed by atoms with Gasteiger partial charge in [0, 0.05) is 12.4 Å². The molecule has 78 valence electrons. The molecular formula is C8H11BrN2O2S. The van der Waals surface area contributed by atoms with E-state index in [0.29, 0.717) is 10.2 Å². The fourth-order valence-electron chi connectivity index (χ4n) is 0.729. The quantitative estimate of drug-likeness (QED) is 0.920. The average molecular weight is 279 g/mol. The molecule has 1 rings (SSSR count). The van der Waals surface area contributed by atoms with Crippen molar-refractivity contribution >= 4 is 31.6 Å². The molecule has 0 aromatic carbocycles. The molecule has 0 amide bonds. The van der Waals surface area contributed by atoms with E-state index in [1.165, 1.54) is 12.4 Å². The summed E-state index contributed by atoms with van der Waals surface area (Å²) in [7, 11) is -3.28. The smallest absolute Gasteiger partial charge is 0.235 e. The molecule has 0 atom stereocenters. The fourth-order valence-corrected chi connectivity index (χ4v) is 1.93. The molecule has 4 nitrogen and oxygen atoms in total. The number of aromatic nitrogens is 1. The number of pyridine rings is 1. The maximum Gasteiger partial charge on any atom is 0.235 e. The van der Waals surface area contributed by atoms with E-state index in [2.05, 4.69) is 25.6 Å². The summed E-state index contributed by atoms with van der Waals surface area (Å²) in [5, 5.41) is -0.456. The van der Waals surface area contributed by atoms with Crippen molar-refractivity contribution in [1.29, 1.82) is 0 Å². The zero-order valence-corrected chi connectivity index (χ0v) is 10.3. The normalized spacial score (nSPS) is 11.7. The molecule has 0 saturated heterocycles. The van der Waals surface area contributed by atoms with Gasteiger partial charge in [-0.15, -0.1) is 0 Å². The Morgan fingerprint density at radius 3 is 2.64 bits per heavy atom. The van der Waals surface area contributed by atoms with E-state index in [1.807, 2.05) is 0 Å². The molecule has 14 heavy (non-hydrogen) atoms. The molecule has 1 aromatic rings. The Labute approximate surface area is 91.9 Å². The lowest BCUT2D eigenvalue weighted by atomic mass is 10.4. The van der Waals surface area contributed by atoms with Crippen LogP contribution in [0.4, 0.5) is 5.69 Å². The largest absolute Gasteiger partial charge is 0.282 e. The number of sulfonamides is 1. The van der Waals surface area contributed by atoms with Crippen molar-refractivity contribution in [3.8, 4) is 0 Å². The average Bonchev–Trinajstić information content (AvgIpc) is 2.08. The first-order valence-corrected chi connectivity index (χ1v) is 6.38. The predicted molar refractivity (Wildman–Crippen MR) is 59.6 cm³/mol. The number of anilines is 1. The molecule has 0 aliphatic rings. The molecule has 0 saturated carbocycles. The minimum atomic E-state index is -3.28. The molecule has 0 radical (unpaired) electrons.